The Morgan fingerprint density at radius 2 is 2.20 bits per heavy atom. The van der Waals surface area contributed by atoms with Crippen molar-refractivity contribution in [3.8, 4) is 0 Å². The first-order valence-electron chi connectivity index (χ1n) is 6.44. The Hall–Kier alpha value is -2.34. The molecule has 6 nitrogen and oxygen atoms in total. The zero-order valence-corrected chi connectivity index (χ0v) is 11.7. The zero-order valence-electron chi connectivity index (χ0n) is 11.7. The minimum Gasteiger partial charge on any atom is -0.350 e. The average Bonchev–Trinajstić information content (AvgIpc) is 2.84. The third-order valence-electron chi connectivity index (χ3n) is 3.03. The fraction of sp³-hybridized carbons (Fsp3) is 0.286. The number of benzene rings is 1. The molecule has 1 aromatic heterocycles. The molecule has 0 fully saturated rings. The first-order chi connectivity index (χ1) is 9.60. The van der Waals surface area contributed by atoms with Crippen LogP contribution < -0.4 is 16.6 Å². The van der Waals surface area contributed by atoms with Gasteiger partial charge in [0.2, 0.25) is 0 Å². The van der Waals surface area contributed by atoms with Crippen molar-refractivity contribution in [2.75, 3.05) is 12.0 Å². The second-order valence-corrected chi connectivity index (χ2v) is 4.71. The molecule has 1 amide bonds. The van der Waals surface area contributed by atoms with Gasteiger partial charge in [-0.2, -0.15) is 5.10 Å². The van der Waals surface area contributed by atoms with E-state index in [1.165, 1.54) is 0 Å². The summed E-state index contributed by atoms with van der Waals surface area (Å²) in [5.41, 5.74) is 5.99. The number of hydrogen-bond donors (Lipinski definition) is 3. The SMILES string of the molecule is Cc1cnn(CCNC(=O)c2ccc(NN)cc2C)c1. The smallest absolute Gasteiger partial charge is 0.251 e. The number of nitrogen functional groups attached to an aromatic ring is 1. The molecule has 0 aliphatic rings. The van der Waals surface area contributed by atoms with Crippen molar-refractivity contribution in [3.05, 3.63) is 47.3 Å². The molecular formula is C14H19N5O. The lowest BCUT2D eigenvalue weighted by Gasteiger charge is -2.09. The van der Waals surface area contributed by atoms with E-state index in [1.807, 2.05) is 30.8 Å². The van der Waals surface area contributed by atoms with E-state index in [1.54, 1.807) is 18.3 Å². The van der Waals surface area contributed by atoms with Crippen molar-refractivity contribution >= 4 is 11.6 Å². The molecule has 0 radical (unpaired) electrons. The fourth-order valence-corrected chi connectivity index (χ4v) is 1.98. The molecule has 106 valence electrons. The summed E-state index contributed by atoms with van der Waals surface area (Å²) in [5.74, 6) is 5.24. The lowest BCUT2D eigenvalue weighted by Crippen LogP contribution is -2.28. The van der Waals surface area contributed by atoms with E-state index in [2.05, 4.69) is 15.8 Å². The number of aromatic nitrogens is 2. The number of nitrogens with one attached hydrogen (secondary N) is 2. The maximum atomic E-state index is 12.1. The second-order valence-electron chi connectivity index (χ2n) is 4.71. The van der Waals surface area contributed by atoms with Crippen LogP contribution in [0.1, 0.15) is 21.5 Å². The highest BCUT2D eigenvalue weighted by molar-refractivity contribution is 5.96. The standard InChI is InChI=1S/C14H19N5O/c1-10-8-17-19(9-10)6-5-16-14(20)13-4-3-12(18-15)7-11(13)2/h3-4,7-9,18H,5-6,15H2,1-2H3,(H,16,20). The van der Waals surface area contributed by atoms with E-state index < -0.39 is 0 Å². The first-order valence-corrected chi connectivity index (χ1v) is 6.44. The fourth-order valence-electron chi connectivity index (χ4n) is 1.98. The van der Waals surface area contributed by atoms with E-state index in [0.717, 1.165) is 16.8 Å². The maximum Gasteiger partial charge on any atom is 0.251 e. The largest absolute Gasteiger partial charge is 0.350 e. The molecule has 4 N–H and O–H groups in total. The van der Waals surface area contributed by atoms with Crippen LogP contribution in [0.15, 0.2) is 30.6 Å². The monoisotopic (exact) mass is 273 g/mol. The van der Waals surface area contributed by atoms with Gasteiger partial charge in [-0.3, -0.25) is 15.3 Å². The molecule has 6 heteroatoms. The van der Waals surface area contributed by atoms with Crippen LogP contribution in [0.4, 0.5) is 5.69 Å². The van der Waals surface area contributed by atoms with Crippen LogP contribution in [-0.4, -0.2) is 22.2 Å². The van der Waals surface area contributed by atoms with E-state index >= 15 is 0 Å². The summed E-state index contributed by atoms with van der Waals surface area (Å²) in [6, 6.07) is 5.38. The van der Waals surface area contributed by atoms with Crippen LogP contribution in [0.2, 0.25) is 0 Å². The number of aryl methyl sites for hydroxylation is 2. The molecule has 0 spiro atoms. The molecular weight excluding hydrogens is 254 g/mol. The maximum absolute atomic E-state index is 12.1. The molecule has 0 bridgehead atoms. The van der Waals surface area contributed by atoms with Crippen molar-refractivity contribution in [1.82, 2.24) is 15.1 Å². The summed E-state index contributed by atoms with van der Waals surface area (Å²) in [4.78, 5) is 12.1. The summed E-state index contributed by atoms with van der Waals surface area (Å²) in [6.45, 7) is 5.06. The van der Waals surface area contributed by atoms with Crippen LogP contribution >= 0.6 is 0 Å². The van der Waals surface area contributed by atoms with Gasteiger partial charge in [-0.25, -0.2) is 0 Å². The number of rotatable bonds is 5. The van der Waals surface area contributed by atoms with Gasteiger partial charge in [-0.1, -0.05) is 0 Å². The van der Waals surface area contributed by atoms with Crippen LogP contribution in [0.5, 0.6) is 0 Å². The van der Waals surface area contributed by atoms with E-state index in [0.29, 0.717) is 18.7 Å². The van der Waals surface area contributed by atoms with E-state index in [-0.39, 0.29) is 5.91 Å². The average molecular weight is 273 g/mol. The molecule has 0 saturated heterocycles. The molecule has 0 aliphatic carbocycles. The Kier molecular flexibility index (Phi) is 4.37. The minimum absolute atomic E-state index is 0.0880. The molecule has 1 aromatic carbocycles. The number of carbonyl (C=O) groups excluding carboxylic acids is 1. The Morgan fingerprint density at radius 3 is 2.80 bits per heavy atom. The minimum atomic E-state index is -0.0880. The van der Waals surface area contributed by atoms with Crippen molar-refractivity contribution < 1.29 is 4.79 Å². The molecule has 0 atom stereocenters. The molecule has 0 aliphatic heterocycles. The van der Waals surface area contributed by atoms with Crippen molar-refractivity contribution in [2.45, 2.75) is 20.4 Å². The van der Waals surface area contributed by atoms with Crippen LogP contribution in [0.3, 0.4) is 0 Å². The summed E-state index contributed by atoms with van der Waals surface area (Å²) < 4.78 is 1.81. The number of carbonyl (C=O) groups is 1. The molecule has 0 saturated carbocycles. The van der Waals surface area contributed by atoms with Crippen molar-refractivity contribution in [2.24, 2.45) is 5.84 Å². The molecule has 2 rings (SSSR count). The lowest BCUT2D eigenvalue weighted by molar-refractivity contribution is 0.0951. The van der Waals surface area contributed by atoms with E-state index in [9.17, 15) is 4.79 Å². The lowest BCUT2D eigenvalue weighted by atomic mass is 10.1. The van der Waals surface area contributed by atoms with Gasteiger partial charge in [-0.15, -0.1) is 0 Å². The van der Waals surface area contributed by atoms with Crippen molar-refractivity contribution in [1.29, 1.82) is 0 Å². The Balaban J connectivity index is 1.91. The molecule has 0 unspecified atom stereocenters. The topological polar surface area (TPSA) is 85.0 Å². The van der Waals surface area contributed by atoms with Gasteiger partial charge < -0.3 is 10.7 Å². The number of amides is 1. The number of nitrogens with zero attached hydrogens (tertiary/aromatic N) is 2. The highest BCUT2D eigenvalue weighted by Crippen LogP contribution is 2.14. The summed E-state index contributed by atoms with van der Waals surface area (Å²) >= 11 is 0. The van der Waals surface area contributed by atoms with Crippen LogP contribution in [-0.2, 0) is 6.54 Å². The number of nitrogens with two attached hydrogens (primary N) is 1. The van der Waals surface area contributed by atoms with Gasteiger partial charge in [0, 0.05) is 24.0 Å². The van der Waals surface area contributed by atoms with Gasteiger partial charge >= 0.3 is 0 Å². The van der Waals surface area contributed by atoms with Gasteiger partial charge in [-0.05, 0) is 43.2 Å². The summed E-state index contributed by atoms with van der Waals surface area (Å²) in [6.07, 6.45) is 3.74. The van der Waals surface area contributed by atoms with Crippen LogP contribution in [0, 0.1) is 13.8 Å². The second kappa shape index (κ2) is 6.21. The molecule has 2 aromatic rings. The van der Waals surface area contributed by atoms with Gasteiger partial charge in [0.25, 0.3) is 5.91 Å². The quantitative estimate of drug-likeness (QED) is 0.565. The Labute approximate surface area is 117 Å². The summed E-state index contributed by atoms with van der Waals surface area (Å²) in [5, 5.41) is 7.05. The summed E-state index contributed by atoms with van der Waals surface area (Å²) in [7, 11) is 0. The predicted molar refractivity (Wildman–Crippen MR) is 78.3 cm³/mol. The molecule has 20 heavy (non-hydrogen) atoms. The predicted octanol–water partition coefficient (Wildman–Crippen LogP) is 1.22. The number of hydrogen-bond acceptors (Lipinski definition) is 4. The molecule has 1 heterocycles. The normalized spacial score (nSPS) is 10.3. The number of hydrazine groups is 1. The van der Waals surface area contributed by atoms with Crippen LogP contribution in [0.25, 0.3) is 0 Å². The highest BCUT2D eigenvalue weighted by Gasteiger charge is 2.08. The first kappa shape index (κ1) is 14.1. The van der Waals surface area contributed by atoms with Gasteiger partial charge in [0.1, 0.15) is 0 Å². The Bertz CT molecular complexity index is 605. The Morgan fingerprint density at radius 1 is 1.40 bits per heavy atom. The third kappa shape index (κ3) is 3.36. The third-order valence-corrected chi connectivity index (χ3v) is 3.03. The number of anilines is 1. The van der Waals surface area contributed by atoms with Gasteiger partial charge in [0.05, 0.1) is 12.7 Å². The highest BCUT2D eigenvalue weighted by atomic mass is 16.1. The van der Waals surface area contributed by atoms with Gasteiger partial charge in [0.15, 0.2) is 0 Å². The van der Waals surface area contributed by atoms with Crippen molar-refractivity contribution in [3.63, 3.8) is 0 Å². The van der Waals surface area contributed by atoms with E-state index in [4.69, 9.17) is 5.84 Å². The zero-order chi connectivity index (χ0) is 14.5.